The third kappa shape index (κ3) is 3.55. The van der Waals surface area contributed by atoms with Crippen molar-refractivity contribution in [1.82, 2.24) is 15.7 Å². The molecule has 0 atom stereocenters. The topological polar surface area (TPSA) is 83.5 Å². The molecule has 1 aromatic rings. The highest BCUT2D eigenvalue weighted by Crippen LogP contribution is 1.89. The maximum absolute atomic E-state index is 10.9. The average molecular weight is 206 g/mol. The van der Waals surface area contributed by atoms with Crippen molar-refractivity contribution in [2.45, 2.75) is 0 Å². The van der Waals surface area contributed by atoms with Gasteiger partial charge in [0.15, 0.2) is 0 Å². The van der Waals surface area contributed by atoms with Crippen molar-refractivity contribution >= 4 is 18.0 Å². The van der Waals surface area contributed by atoms with Gasteiger partial charge in [-0.3, -0.25) is 14.6 Å². The van der Waals surface area contributed by atoms with Crippen LogP contribution >= 0.6 is 0 Å². The third-order valence-electron chi connectivity index (χ3n) is 1.50. The van der Waals surface area contributed by atoms with Crippen LogP contribution in [-0.4, -0.2) is 30.1 Å². The summed E-state index contributed by atoms with van der Waals surface area (Å²) in [5, 5.41) is 5.76. The van der Waals surface area contributed by atoms with E-state index in [-0.39, 0.29) is 0 Å². The minimum absolute atomic E-state index is 0.731. The van der Waals surface area contributed by atoms with Crippen LogP contribution in [0.2, 0.25) is 0 Å². The molecule has 1 aromatic heterocycles. The van der Waals surface area contributed by atoms with E-state index >= 15 is 0 Å². The number of amides is 2. The van der Waals surface area contributed by atoms with Gasteiger partial charge in [0.05, 0.1) is 6.21 Å². The van der Waals surface area contributed by atoms with Crippen molar-refractivity contribution in [2.75, 3.05) is 7.05 Å². The lowest BCUT2D eigenvalue weighted by molar-refractivity contribution is -0.138. The van der Waals surface area contributed by atoms with Crippen LogP contribution in [0.25, 0.3) is 0 Å². The Morgan fingerprint density at radius 3 is 2.87 bits per heavy atom. The SMILES string of the molecule is CNC(=O)C(=O)NN=Cc1cccnc1. The summed E-state index contributed by atoms with van der Waals surface area (Å²) in [6.07, 6.45) is 4.60. The molecule has 0 aromatic carbocycles. The van der Waals surface area contributed by atoms with Gasteiger partial charge in [0.2, 0.25) is 0 Å². The summed E-state index contributed by atoms with van der Waals surface area (Å²) in [7, 11) is 1.37. The van der Waals surface area contributed by atoms with Crippen LogP contribution in [0.4, 0.5) is 0 Å². The van der Waals surface area contributed by atoms with Crippen molar-refractivity contribution in [2.24, 2.45) is 5.10 Å². The molecule has 2 amide bonds. The van der Waals surface area contributed by atoms with Gasteiger partial charge >= 0.3 is 11.8 Å². The largest absolute Gasteiger partial charge is 0.351 e. The van der Waals surface area contributed by atoms with Gasteiger partial charge in [0, 0.05) is 25.0 Å². The zero-order chi connectivity index (χ0) is 11.1. The van der Waals surface area contributed by atoms with E-state index in [0.29, 0.717) is 0 Å². The van der Waals surface area contributed by atoms with Crippen LogP contribution in [0, 0.1) is 0 Å². The molecule has 6 heteroatoms. The lowest BCUT2D eigenvalue weighted by Crippen LogP contribution is -2.35. The number of nitrogens with one attached hydrogen (secondary N) is 2. The number of pyridine rings is 1. The van der Waals surface area contributed by atoms with Crippen LogP contribution in [0.1, 0.15) is 5.56 Å². The summed E-state index contributed by atoms with van der Waals surface area (Å²) < 4.78 is 0. The molecule has 0 radical (unpaired) electrons. The summed E-state index contributed by atoms with van der Waals surface area (Å²) in [4.78, 5) is 25.5. The van der Waals surface area contributed by atoms with E-state index in [1.165, 1.54) is 13.3 Å². The molecule has 0 unspecified atom stereocenters. The van der Waals surface area contributed by atoms with Crippen LogP contribution < -0.4 is 10.7 Å². The maximum atomic E-state index is 10.9. The van der Waals surface area contributed by atoms with E-state index in [4.69, 9.17) is 0 Å². The first kappa shape index (κ1) is 10.8. The Labute approximate surface area is 86.4 Å². The number of hydrogen-bond donors (Lipinski definition) is 2. The molecule has 0 aliphatic rings. The standard InChI is InChI=1S/C9H10N4O2/c1-10-8(14)9(15)13-12-6-7-3-2-4-11-5-7/h2-6H,1H3,(H,10,14)(H,13,15). The molecule has 6 nitrogen and oxygen atoms in total. The van der Waals surface area contributed by atoms with E-state index in [1.807, 2.05) is 0 Å². The zero-order valence-electron chi connectivity index (χ0n) is 8.10. The van der Waals surface area contributed by atoms with Crippen LogP contribution in [0.15, 0.2) is 29.6 Å². The number of hydrazone groups is 1. The van der Waals surface area contributed by atoms with E-state index in [2.05, 4.69) is 20.8 Å². The number of carbonyl (C=O) groups is 2. The van der Waals surface area contributed by atoms with E-state index in [0.717, 1.165) is 5.56 Å². The van der Waals surface area contributed by atoms with E-state index < -0.39 is 11.8 Å². The fraction of sp³-hybridized carbons (Fsp3) is 0.111. The average Bonchev–Trinajstić information content (AvgIpc) is 2.29. The molecular weight excluding hydrogens is 196 g/mol. The van der Waals surface area contributed by atoms with Crippen molar-refractivity contribution in [3.05, 3.63) is 30.1 Å². The van der Waals surface area contributed by atoms with E-state index in [1.54, 1.807) is 24.5 Å². The Kier molecular flexibility index (Phi) is 3.96. The van der Waals surface area contributed by atoms with Gasteiger partial charge in [-0.1, -0.05) is 6.07 Å². The van der Waals surface area contributed by atoms with E-state index in [9.17, 15) is 9.59 Å². The predicted molar refractivity (Wildman–Crippen MR) is 54.0 cm³/mol. The molecule has 0 spiro atoms. The summed E-state index contributed by atoms with van der Waals surface area (Å²) in [6, 6.07) is 3.50. The molecular formula is C9H10N4O2. The smallest absolute Gasteiger partial charge is 0.329 e. The van der Waals surface area contributed by atoms with Gasteiger partial charge in [0.25, 0.3) is 0 Å². The highest BCUT2D eigenvalue weighted by atomic mass is 16.2. The zero-order valence-corrected chi connectivity index (χ0v) is 8.10. The quantitative estimate of drug-likeness (QED) is 0.380. The third-order valence-corrected chi connectivity index (χ3v) is 1.50. The molecule has 0 saturated heterocycles. The Balaban J connectivity index is 2.47. The predicted octanol–water partition coefficient (Wildman–Crippen LogP) is -0.722. The lowest BCUT2D eigenvalue weighted by Gasteiger charge is -1.96. The molecule has 1 rings (SSSR count). The van der Waals surface area contributed by atoms with Crippen molar-refractivity contribution < 1.29 is 9.59 Å². The van der Waals surface area contributed by atoms with Gasteiger partial charge in [-0.25, -0.2) is 5.43 Å². The first-order chi connectivity index (χ1) is 7.24. The monoisotopic (exact) mass is 206 g/mol. The fourth-order valence-corrected chi connectivity index (χ4v) is 0.782. The molecule has 1 heterocycles. The Morgan fingerprint density at radius 1 is 1.47 bits per heavy atom. The van der Waals surface area contributed by atoms with Crippen molar-refractivity contribution in [3.63, 3.8) is 0 Å². The van der Waals surface area contributed by atoms with Crippen LogP contribution in [0.5, 0.6) is 0 Å². The first-order valence-corrected chi connectivity index (χ1v) is 4.19. The Bertz CT molecular complexity index is 375. The van der Waals surface area contributed by atoms with Crippen molar-refractivity contribution in [3.8, 4) is 0 Å². The van der Waals surface area contributed by atoms with Gasteiger partial charge in [-0.2, -0.15) is 5.10 Å². The molecule has 0 saturated carbocycles. The Hall–Kier alpha value is -2.24. The highest BCUT2D eigenvalue weighted by molar-refractivity contribution is 6.34. The van der Waals surface area contributed by atoms with Crippen LogP contribution in [0.3, 0.4) is 0 Å². The summed E-state index contributed by atoms with van der Waals surface area (Å²) >= 11 is 0. The maximum Gasteiger partial charge on any atom is 0.329 e. The Morgan fingerprint density at radius 2 is 2.27 bits per heavy atom. The minimum Gasteiger partial charge on any atom is -0.351 e. The fourth-order valence-electron chi connectivity index (χ4n) is 0.782. The van der Waals surface area contributed by atoms with Crippen LogP contribution in [-0.2, 0) is 9.59 Å². The van der Waals surface area contributed by atoms with Crippen molar-refractivity contribution in [1.29, 1.82) is 0 Å². The first-order valence-electron chi connectivity index (χ1n) is 4.19. The molecule has 0 aliphatic carbocycles. The number of carbonyl (C=O) groups excluding carboxylic acids is 2. The second kappa shape index (κ2) is 5.48. The number of hydrogen-bond acceptors (Lipinski definition) is 4. The molecule has 15 heavy (non-hydrogen) atoms. The number of likely N-dealkylation sites (N-methyl/N-ethyl adjacent to an activating group) is 1. The molecule has 0 fully saturated rings. The number of rotatable bonds is 2. The molecule has 0 aliphatic heterocycles. The lowest BCUT2D eigenvalue weighted by atomic mass is 10.3. The number of aromatic nitrogens is 1. The van der Waals surface area contributed by atoms with Gasteiger partial charge in [-0.15, -0.1) is 0 Å². The summed E-state index contributed by atoms with van der Waals surface area (Å²) in [5.41, 5.74) is 2.80. The second-order valence-corrected chi connectivity index (χ2v) is 2.56. The molecule has 0 bridgehead atoms. The molecule has 2 N–H and O–H groups in total. The highest BCUT2D eigenvalue weighted by Gasteiger charge is 2.08. The molecule has 78 valence electrons. The summed E-state index contributed by atoms with van der Waals surface area (Å²) in [6.45, 7) is 0. The summed E-state index contributed by atoms with van der Waals surface area (Å²) in [5.74, 6) is -1.55. The normalized spacial score (nSPS) is 9.93. The van der Waals surface area contributed by atoms with Gasteiger partial charge < -0.3 is 5.32 Å². The van der Waals surface area contributed by atoms with Gasteiger partial charge in [0.1, 0.15) is 0 Å². The number of nitrogens with zero attached hydrogens (tertiary/aromatic N) is 2. The minimum atomic E-state index is -0.808. The van der Waals surface area contributed by atoms with Gasteiger partial charge in [-0.05, 0) is 6.07 Å². The second-order valence-electron chi connectivity index (χ2n) is 2.56.